The molecule has 0 aromatic rings. The third-order valence-electron chi connectivity index (χ3n) is 8.95. The lowest BCUT2D eigenvalue weighted by Gasteiger charge is -2.20. The zero-order valence-corrected chi connectivity index (χ0v) is 35.3. The summed E-state index contributed by atoms with van der Waals surface area (Å²) in [7, 11) is -0.728. The second kappa shape index (κ2) is 38.5. The monoisotopic (exact) mass is 770 g/mol. The summed E-state index contributed by atoms with van der Waals surface area (Å²) in [6.07, 6.45) is 40.5. The maximum atomic E-state index is 12.6. The van der Waals surface area contributed by atoms with Crippen LogP contribution < -0.4 is 0 Å². The Kier molecular flexibility index (Phi) is 37.2. The molecule has 0 aliphatic carbocycles. The third-order valence-corrected chi connectivity index (χ3v) is 9.93. The van der Waals surface area contributed by atoms with Gasteiger partial charge in [-0.1, -0.05) is 153 Å². The topological polar surface area (TPSA) is 112 Å². The fourth-order valence-electron chi connectivity index (χ4n) is 5.63. The summed E-state index contributed by atoms with van der Waals surface area (Å²) in [6, 6.07) is 0. The van der Waals surface area contributed by atoms with Crippen molar-refractivity contribution in [3.63, 3.8) is 0 Å². The molecule has 0 saturated heterocycles. The van der Waals surface area contributed by atoms with Crippen LogP contribution in [0.5, 0.6) is 0 Å². The normalized spacial score (nSPS) is 13.8. The van der Waals surface area contributed by atoms with Crippen molar-refractivity contribution in [2.45, 2.75) is 187 Å². The number of phosphoric ester groups is 1. The number of carbonyl (C=O) groups excluding carboxylic acids is 2. The number of carbonyl (C=O) groups is 2. The minimum atomic E-state index is -4.37. The van der Waals surface area contributed by atoms with Crippen molar-refractivity contribution in [1.29, 1.82) is 0 Å². The lowest BCUT2D eigenvalue weighted by atomic mass is 10.0. The molecule has 0 aromatic carbocycles. The lowest BCUT2D eigenvalue weighted by molar-refractivity contribution is -0.161. The van der Waals surface area contributed by atoms with Gasteiger partial charge in [0.1, 0.15) is 6.61 Å². The standard InChI is InChI=1S/C43H80NO8P/c1-5-7-9-11-13-15-17-19-21-23-25-27-29-31-33-35-42(45)49-39-41(40-51-53(47,48)50-38-37-44(3)4)52-43(46)36-34-32-30-28-26-24-22-20-18-16-14-12-10-8-6-2/h14,16,20,22,26,28,41H,5-13,15,17-19,21,23-25,27,29-40H2,1-4H3,(H,47,48)/b16-14-,22-20-,28-26-. The molecule has 0 aliphatic heterocycles. The minimum absolute atomic E-state index is 0.000738. The molecule has 2 atom stereocenters. The van der Waals surface area contributed by atoms with E-state index in [0.717, 1.165) is 51.4 Å². The summed E-state index contributed by atoms with van der Waals surface area (Å²) in [5, 5.41) is 0. The number of allylic oxidation sites excluding steroid dienone is 6. The molecule has 310 valence electrons. The minimum Gasteiger partial charge on any atom is -0.462 e. The van der Waals surface area contributed by atoms with E-state index in [9.17, 15) is 19.0 Å². The molecule has 0 bridgehead atoms. The molecule has 9 nitrogen and oxygen atoms in total. The summed E-state index contributed by atoms with van der Waals surface area (Å²) in [5.74, 6) is -0.844. The molecule has 0 heterocycles. The number of unbranched alkanes of at least 4 members (excludes halogenated alkanes) is 19. The zero-order valence-electron chi connectivity index (χ0n) is 34.5. The smallest absolute Gasteiger partial charge is 0.462 e. The Balaban J connectivity index is 4.36. The number of nitrogens with zero attached hydrogens (tertiary/aromatic N) is 1. The van der Waals surface area contributed by atoms with E-state index < -0.39 is 26.5 Å². The molecule has 0 radical (unpaired) electrons. The van der Waals surface area contributed by atoms with Crippen molar-refractivity contribution < 1.29 is 37.6 Å². The Morgan fingerprint density at radius 1 is 0.585 bits per heavy atom. The van der Waals surface area contributed by atoms with Gasteiger partial charge in [0.2, 0.25) is 0 Å². The summed E-state index contributed by atoms with van der Waals surface area (Å²) in [5.41, 5.74) is 0. The van der Waals surface area contributed by atoms with Crippen molar-refractivity contribution in [1.82, 2.24) is 4.90 Å². The molecule has 0 rings (SSSR count). The highest BCUT2D eigenvalue weighted by Crippen LogP contribution is 2.43. The van der Waals surface area contributed by atoms with Crippen molar-refractivity contribution in [2.75, 3.05) is 40.5 Å². The van der Waals surface area contributed by atoms with Gasteiger partial charge in [-0.3, -0.25) is 18.6 Å². The van der Waals surface area contributed by atoms with Crippen molar-refractivity contribution in [3.8, 4) is 0 Å². The van der Waals surface area contributed by atoms with Gasteiger partial charge in [-0.05, 0) is 65.5 Å². The summed E-state index contributed by atoms with van der Waals surface area (Å²) in [4.78, 5) is 36.9. The van der Waals surface area contributed by atoms with E-state index >= 15 is 0 Å². The number of phosphoric acid groups is 1. The predicted molar refractivity (Wildman–Crippen MR) is 220 cm³/mol. The Hall–Kier alpha value is -1.77. The fraction of sp³-hybridized carbons (Fsp3) is 0.814. The van der Waals surface area contributed by atoms with Crippen LogP contribution in [0.3, 0.4) is 0 Å². The fourth-order valence-corrected chi connectivity index (χ4v) is 6.38. The van der Waals surface area contributed by atoms with Crippen LogP contribution in [0.25, 0.3) is 0 Å². The second-order valence-corrected chi connectivity index (χ2v) is 16.0. The second-order valence-electron chi connectivity index (χ2n) is 14.5. The molecule has 0 amide bonds. The molecule has 0 spiro atoms. The van der Waals surface area contributed by atoms with Gasteiger partial charge in [-0.25, -0.2) is 4.57 Å². The number of esters is 2. The maximum Gasteiger partial charge on any atom is 0.472 e. The molecule has 0 aromatic heterocycles. The van der Waals surface area contributed by atoms with Crippen LogP contribution in [0.15, 0.2) is 36.5 Å². The number of ether oxygens (including phenoxy) is 2. The van der Waals surface area contributed by atoms with Gasteiger partial charge in [0, 0.05) is 19.4 Å². The number of rotatable bonds is 39. The first kappa shape index (κ1) is 51.2. The highest BCUT2D eigenvalue weighted by molar-refractivity contribution is 7.47. The summed E-state index contributed by atoms with van der Waals surface area (Å²) < 4.78 is 33.4. The Morgan fingerprint density at radius 3 is 1.55 bits per heavy atom. The van der Waals surface area contributed by atoms with Crippen molar-refractivity contribution in [3.05, 3.63) is 36.5 Å². The Morgan fingerprint density at radius 2 is 1.02 bits per heavy atom. The Labute approximate surface area is 325 Å². The van der Waals surface area contributed by atoms with E-state index in [-0.39, 0.29) is 32.0 Å². The van der Waals surface area contributed by atoms with E-state index in [1.54, 1.807) is 0 Å². The average molecular weight is 770 g/mol. The third kappa shape index (κ3) is 39.7. The first-order chi connectivity index (χ1) is 25.7. The molecular weight excluding hydrogens is 689 g/mol. The van der Waals surface area contributed by atoms with E-state index in [0.29, 0.717) is 13.0 Å². The van der Waals surface area contributed by atoms with Gasteiger partial charge in [0.25, 0.3) is 0 Å². The van der Waals surface area contributed by atoms with E-state index in [4.69, 9.17) is 18.5 Å². The highest BCUT2D eigenvalue weighted by Gasteiger charge is 2.26. The van der Waals surface area contributed by atoms with Crippen LogP contribution in [0, 0.1) is 0 Å². The first-order valence-electron chi connectivity index (χ1n) is 21.3. The van der Waals surface area contributed by atoms with Gasteiger partial charge < -0.3 is 19.3 Å². The van der Waals surface area contributed by atoms with Crippen LogP contribution in [0.1, 0.15) is 181 Å². The summed E-state index contributed by atoms with van der Waals surface area (Å²) >= 11 is 0. The average Bonchev–Trinajstić information content (AvgIpc) is 3.12. The first-order valence-corrected chi connectivity index (χ1v) is 22.8. The van der Waals surface area contributed by atoms with Crippen LogP contribution in [0.2, 0.25) is 0 Å². The van der Waals surface area contributed by atoms with Crippen molar-refractivity contribution >= 4 is 19.8 Å². The van der Waals surface area contributed by atoms with Gasteiger partial charge in [0.15, 0.2) is 6.10 Å². The van der Waals surface area contributed by atoms with E-state index in [1.165, 1.54) is 96.3 Å². The number of hydrogen-bond donors (Lipinski definition) is 1. The van der Waals surface area contributed by atoms with E-state index in [2.05, 4.69) is 50.3 Å². The Bertz CT molecular complexity index is 983. The van der Waals surface area contributed by atoms with E-state index in [1.807, 2.05) is 19.0 Å². The highest BCUT2D eigenvalue weighted by atomic mass is 31.2. The largest absolute Gasteiger partial charge is 0.472 e. The quantitative estimate of drug-likeness (QED) is 0.0282. The van der Waals surface area contributed by atoms with Crippen molar-refractivity contribution in [2.24, 2.45) is 0 Å². The molecule has 0 aliphatic rings. The molecule has 2 unspecified atom stereocenters. The van der Waals surface area contributed by atoms with Crippen LogP contribution in [-0.2, 0) is 32.7 Å². The molecule has 0 fully saturated rings. The molecular formula is C43H80NO8P. The van der Waals surface area contributed by atoms with Crippen LogP contribution in [-0.4, -0.2) is 68.3 Å². The molecule has 53 heavy (non-hydrogen) atoms. The molecule has 1 N–H and O–H groups in total. The molecule has 0 saturated carbocycles. The summed E-state index contributed by atoms with van der Waals surface area (Å²) in [6.45, 7) is 4.25. The molecule has 10 heteroatoms. The van der Waals surface area contributed by atoms with Crippen LogP contribution in [0.4, 0.5) is 0 Å². The predicted octanol–water partition coefficient (Wildman–Crippen LogP) is 12.0. The maximum absolute atomic E-state index is 12.6. The number of likely N-dealkylation sites (N-methyl/N-ethyl adjacent to an activating group) is 1. The zero-order chi connectivity index (χ0) is 39.1. The van der Waals surface area contributed by atoms with Gasteiger partial charge >= 0.3 is 19.8 Å². The lowest BCUT2D eigenvalue weighted by Crippen LogP contribution is -2.29. The SMILES string of the molecule is CCCCC/C=C\C/C=C\C/C=C\CCCCC(=O)OC(COC(=O)CCCCCCCCCCCCCCCCC)COP(=O)(O)OCCN(C)C. The van der Waals surface area contributed by atoms with Gasteiger partial charge in [0.05, 0.1) is 13.2 Å². The van der Waals surface area contributed by atoms with Crippen LogP contribution >= 0.6 is 7.82 Å². The number of hydrogen-bond acceptors (Lipinski definition) is 8. The van der Waals surface area contributed by atoms with Gasteiger partial charge in [-0.15, -0.1) is 0 Å². The van der Waals surface area contributed by atoms with Gasteiger partial charge in [-0.2, -0.15) is 0 Å².